The topological polar surface area (TPSA) is 86.2 Å². The van der Waals surface area contributed by atoms with Gasteiger partial charge in [0.15, 0.2) is 11.5 Å². The van der Waals surface area contributed by atoms with E-state index in [4.69, 9.17) is 33.4 Å². The second kappa shape index (κ2) is 6.89. The number of anilines is 1. The van der Waals surface area contributed by atoms with E-state index in [1.165, 1.54) is 36.5 Å². The van der Waals surface area contributed by atoms with Crippen molar-refractivity contribution in [2.75, 3.05) is 5.73 Å². The molecule has 3 aromatic rings. The quantitative estimate of drug-likeness (QED) is 0.476. The standard InChI is InChI=1S/C20H11Cl2FN2O3/c21-10-3-4-12(13(22)8-10)18(27)19-17(24)16-14(26)6-9(7-15(16)28-19)11-2-1-5-25-20(11)23/h1-5,7-8H,6,24H2. The van der Waals surface area contributed by atoms with Crippen LogP contribution in [-0.2, 0) is 0 Å². The van der Waals surface area contributed by atoms with Crippen molar-refractivity contribution in [2.24, 2.45) is 0 Å². The highest BCUT2D eigenvalue weighted by atomic mass is 35.5. The van der Waals surface area contributed by atoms with Crippen molar-refractivity contribution in [1.29, 1.82) is 0 Å². The van der Waals surface area contributed by atoms with Crippen molar-refractivity contribution < 1.29 is 18.4 Å². The second-order valence-electron chi connectivity index (χ2n) is 6.15. The van der Waals surface area contributed by atoms with E-state index < -0.39 is 11.7 Å². The Morgan fingerprint density at radius 3 is 2.75 bits per heavy atom. The van der Waals surface area contributed by atoms with Gasteiger partial charge in [0.25, 0.3) is 0 Å². The molecule has 5 nitrogen and oxygen atoms in total. The summed E-state index contributed by atoms with van der Waals surface area (Å²) >= 11 is 11.9. The number of allylic oxidation sites excluding steroid dienone is 1. The van der Waals surface area contributed by atoms with Crippen molar-refractivity contribution in [2.45, 2.75) is 6.42 Å². The number of carbonyl (C=O) groups excluding carboxylic acids is 2. The lowest BCUT2D eigenvalue weighted by Crippen LogP contribution is -2.10. The maximum atomic E-state index is 14.0. The molecule has 0 spiro atoms. The minimum atomic E-state index is -0.700. The normalized spacial score (nSPS) is 13.2. The van der Waals surface area contributed by atoms with Crippen molar-refractivity contribution in [3.63, 3.8) is 0 Å². The molecule has 2 heterocycles. The van der Waals surface area contributed by atoms with Crippen LogP contribution in [0.25, 0.3) is 11.6 Å². The first-order chi connectivity index (χ1) is 13.4. The first-order valence-electron chi connectivity index (χ1n) is 8.13. The fourth-order valence-electron chi connectivity index (χ4n) is 3.09. The third-order valence-electron chi connectivity index (χ3n) is 4.39. The van der Waals surface area contributed by atoms with Gasteiger partial charge < -0.3 is 10.2 Å². The lowest BCUT2D eigenvalue weighted by molar-refractivity contribution is 0.0991. The van der Waals surface area contributed by atoms with Crippen LogP contribution in [0.4, 0.5) is 10.1 Å². The number of furan rings is 1. The summed E-state index contributed by atoms with van der Waals surface area (Å²) in [5.74, 6) is -1.76. The summed E-state index contributed by atoms with van der Waals surface area (Å²) in [4.78, 5) is 29.0. The highest BCUT2D eigenvalue weighted by Gasteiger charge is 2.32. The summed E-state index contributed by atoms with van der Waals surface area (Å²) in [7, 11) is 0. The predicted octanol–water partition coefficient (Wildman–Crippen LogP) is 5.06. The van der Waals surface area contributed by atoms with Crippen LogP contribution in [0.5, 0.6) is 0 Å². The molecule has 1 aliphatic carbocycles. The van der Waals surface area contributed by atoms with E-state index in [1.54, 1.807) is 6.07 Å². The number of Topliss-reactive ketones (excluding diaryl/α,β-unsaturated/α-hetero) is 1. The highest BCUT2D eigenvalue weighted by molar-refractivity contribution is 6.37. The van der Waals surface area contributed by atoms with Crippen molar-refractivity contribution in [3.05, 3.63) is 80.7 Å². The Bertz CT molecular complexity index is 1180. The molecule has 2 aromatic heterocycles. The van der Waals surface area contributed by atoms with E-state index in [9.17, 15) is 14.0 Å². The van der Waals surface area contributed by atoms with E-state index >= 15 is 0 Å². The highest BCUT2D eigenvalue weighted by Crippen LogP contribution is 2.38. The number of fused-ring (bicyclic) bond motifs is 1. The fraction of sp³-hybridized carbons (Fsp3) is 0.0500. The van der Waals surface area contributed by atoms with Gasteiger partial charge in [0.05, 0.1) is 16.3 Å². The summed E-state index contributed by atoms with van der Waals surface area (Å²) in [5, 5.41) is 0.501. The summed E-state index contributed by atoms with van der Waals surface area (Å²) in [6, 6.07) is 7.45. The number of hydrogen-bond donors (Lipinski definition) is 1. The summed E-state index contributed by atoms with van der Waals surface area (Å²) in [5.41, 5.74) is 6.77. The summed E-state index contributed by atoms with van der Waals surface area (Å²) in [6.07, 6.45) is 2.72. The maximum Gasteiger partial charge on any atom is 0.231 e. The number of nitrogens with two attached hydrogens (primary N) is 1. The largest absolute Gasteiger partial charge is 0.450 e. The fourth-order valence-corrected chi connectivity index (χ4v) is 3.58. The van der Waals surface area contributed by atoms with Crippen LogP contribution in [-0.4, -0.2) is 16.6 Å². The van der Waals surface area contributed by atoms with Crippen LogP contribution >= 0.6 is 23.2 Å². The van der Waals surface area contributed by atoms with Gasteiger partial charge in [-0.2, -0.15) is 4.39 Å². The number of carbonyl (C=O) groups is 2. The number of halogens is 3. The average Bonchev–Trinajstić information content (AvgIpc) is 2.98. The Morgan fingerprint density at radius 1 is 1.25 bits per heavy atom. The molecule has 0 atom stereocenters. The Hall–Kier alpha value is -2.96. The Balaban J connectivity index is 1.81. The van der Waals surface area contributed by atoms with Gasteiger partial charge in [0, 0.05) is 28.8 Å². The monoisotopic (exact) mass is 416 g/mol. The minimum Gasteiger partial charge on any atom is -0.450 e. The van der Waals surface area contributed by atoms with Gasteiger partial charge in [0.2, 0.25) is 11.7 Å². The van der Waals surface area contributed by atoms with Gasteiger partial charge in [-0.15, -0.1) is 0 Å². The number of benzene rings is 1. The number of rotatable bonds is 3. The number of hydrogen-bond acceptors (Lipinski definition) is 5. The molecule has 0 aliphatic heterocycles. The lowest BCUT2D eigenvalue weighted by atomic mass is 9.91. The van der Waals surface area contributed by atoms with Crippen LogP contribution in [0.2, 0.25) is 10.0 Å². The first-order valence-corrected chi connectivity index (χ1v) is 8.89. The zero-order chi connectivity index (χ0) is 20.0. The number of nitrogens with zero attached hydrogens (tertiary/aromatic N) is 1. The molecule has 0 saturated heterocycles. The smallest absolute Gasteiger partial charge is 0.231 e. The Labute approximate surface area is 168 Å². The SMILES string of the molecule is Nc1c(C(=O)c2ccc(Cl)cc2Cl)oc2c1C(=O)CC(c1cccnc1F)=C2. The van der Waals surface area contributed by atoms with Gasteiger partial charge in [0.1, 0.15) is 5.76 Å². The van der Waals surface area contributed by atoms with E-state index in [2.05, 4.69) is 4.98 Å². The molecule has 8 heteroatoms. The van der Waals surface area contributed by atoms with Crippen LogP contribution < -0.4 is 5.73 Å². The summed E-state index contributed by atoms with van der Waals surface area (Å²) < 4.78 is 19.6. The zero-order valence-corrected chi connectivity index (χ0v) is 15.6. The Kier molecular flexibility index (Phi) is 4.53. The predicted molar refractivity (Wildman–Crippen MR) is 104 cm³/mol. The number of aromatic nitrogens is 1. The molecule has 0 radical (unpaired) electrons. The Morgan fingerprint density at radius 2 is 2.04 bits per heavy atom. The molecule has 4 rings (SSSR count). The lowest BCUT2D eigenvalue weighted by Gasteiger charge is -2.12. The summed E-state index contributed by atoms with van der Waals surface area (Å²) in [6.45, 7) is 0. The van der Waals surface area contributed by atoms with Crippen LogP contribution in [0.1, 0.15) is 44.2 Å². The van der Waals surface area contributed by atoms with E-state index in [1.807, 2.05) is 0 Å². The van der Waals surface area contributed by atoms with E-state index in [0.29, 0.717) is 10.6 Å². The molecular weight excluding hydrogens is 406 g/mol. The third-order valence-corrected chi connectivity index (χ3v) is 4.94. The number of nitrogen functional groups attached to an aromatic ring is 1. The molecule has 28 heavy (non-hydrogen) atoms. The van der Waals surface area contributed by atoms with Crippen molar-refractivity contribution in [1.82, 2.24) is 4.98 Å². The zero-order valence-electron chi connectivity index (χ0n) is 14.1. The van der Waals surface area contributed by atoms with Gasteiger partial charge in [-0.25, -0.2) is 4.98 Å². The van der Waals surface area contributed by atoms with Crippen LogP contribution in [0.15, 0.2) is 40.9 Å². The molecule has 1 aromatic carbocycles. The maximum absolute atomic E-state index is 14.0. The molecule has 1 aliphatic rings. The molecule has 2 N–H and O–H groups in total. The third kappa shape index (κ3) is 3.00. The van der Waals surface area contributed by atoms with Crippen molar-refractivity contribution in [3.8, 4) is 0 Å². The molecule has 0 fully saturated rings. The first kappa shape index (κ1) is 18.4. The van der Waals surface area contributed by atoms with Gasteiger partial charge in [-0.1, -0.05) is 23.2 Å². The van der Waals surface area contributed by atoms with Crippen LogP contribution in [0, 0.1) is 5.95 Å². The molecule has 0 bridgehead atoms. The molecule has 0 unspecified atom stereocenters. The molecular formula is C20H11Cl2FN2O3. The number of ketones is 2. The molecule has 0 amide bonds. The van der Waals surface area contributed by atoms with Crippen molar-refractivity contribution >= 4 is 52.1 Å². The van der Waals surface area contributed by atoms with E-state index in [-0.39, 0.29) is 51.1 Å². The van der Waals surface area contributed by atoms with Gasteiger partial charge >= 0.3 is 0 Å². The van der Waals surface area contributed by atoms with Gasteiger partial charge in [-0.05, 0) is 42.0 Å². The second-order valence-corrected chi connectivity index (χ2v) is 6.99. The number of pyridine rings is 1. The van der Waals surface area contributed by atoms with Crippen LogP contribution in [0.3, 0.4) is 0 Å². The average molecular weight is 417 g/mol. The molecule has 0 saturated carbocycles. The minimum absolute atomic E-state index is 0.0713. The van der Waals surface area contributed by atoms with Gasteiger partial charge in [-0.3, -0.25) is 9.59 Å². The van der Waals surface area contributed by atoms with E-state index in [0.717, 1.165) is 0 Å². The molecule has 140 valence electrons.